The molecule has 6 heteroatoms. The van der Waals surface area contributed by atoms with E-state index >= 15 is 0 Å². The maximum atomic E-state index is 12.4. The second-order valence-electron chi connectivity index (χ2n) is 7.17. The molecule has 1 aromatic rings. The molecular formula is C19H27N3O3. The molecule has 3 rings (SSSR count). The van der Waals surface area contributed by atoms with Crippen LogP contribution in [0.5, 0.6) is 5.75 Å². The summed E-state index contributed by atoms with van der Waals surface area (Å²) in [5, 5.41) is 9.22. The number of hydrogen-bond donors (Lipinski definition) is 3. The van der Waals surface area contributed by atoms with E-state index in [0.717, 1.165) is 31.5 Å². The van der Waals surface area contributed by atoms with Crippen molar-refractivity contribution in [1.82, 2.24) is 16.0 Å². The molecule has 0 bridgehead atoms. The van der Waals surface area contributed by atoms with E-state index in [0.29, 0.717) is 17.7 Å². The number of benzene rings is 1. The Bertz CT molecular complexity index is 613. The Morgan fingerprint density at radius 1 is 1.24 bits per heavy atom. The van der Waals surface area contributed by atoms with Crippen LogP contribution in [0.25, 0.3) is 0 Å². The molecule has 2 amide bonds. The molecule has 25 heavy (non-hydrogen) atoms. The van der Waals surface area contributed by atoms with Crippen LogP contribution in [0.4, 0.5) is 0 Å². The number of nitrogens with one attached hydrogen (secondary N) is 3. The Labute approximate surface area is 148 Å². The Morgan fingerprint density at radius 2 is 1.96 bits per heavy atom. The quantitative estimate of drug-likeness (QED) is 0.697. The van der Waals surface area contributed by atoms with Gasteiger partial charge in [-0.25, -0.2) is 0 Å². The van der Waals surface area contributed by atoms with Crippen LogP contribution >= 0.6 is 0 Å². The van der Waals surface area contributed by atoms with Gasteiger partial charge in [0.2, 0.25) is 5.91 Å². The van der Waals surface area contributed by atoms with Crippen molar-refractivity contribution < 1.29 is 14.3 Å². The van der Waals surface area contributed by atoms with Crippen LogP contribution in [0.3, 0.4) is 0 Å². The van der Waals surface area contributed by atoms with E-state index in [1.54, 1.807) is 0 Å². The van der Waals surface area contributed by atoms with Crippen molar-refractivity contribution in [3.05, 3.63) is 29.8 Å². The van der Waals surface area contributed by atoms with Gasteiger partial charge in [0.15, 0.2) is 6.61 Å². The van der Waals surface area contributed by atoms with Crippen LogP contribution in [0.15, 0.2) is 24.3 Å². The standard InChI is InChI=1S/C19H27N3O3/c1-12-9-20-10-17(12)19(24)21-13(2)14-3-7-16(8-4-14)25-11-18(23)22-15-5-6-15/h3-4,7-8,12-13,15,17,20H,5-6,9-11H2,1-2H3,(H,21,24)(H,22,23)/t12-,13?,17-/m1/s1. The molecule has 0 aromatic heterocycles. The van der Waals surface area contributed by atoms with Gasteiger partial charge in [-0.05, 0) is 49.9 Å². The van der Waals surface area contributed by atoms with Crippen molar-refractivity contribution in [2.24, 2.45) is 11.8 Å². The fourth-order valence-corrected chi connectivity index (χ4v) is 3.06. The molecule has 1 unspecified atom stereocenters. The third-order valence-electron chi connectivity index (χ3n) is 4.91. The summed E-state index contributed by atoms with van der Waals surface area (Å²) < 4.78 is 5.50. The summed E-state index contributed by atoms with van der Waals surface area (Å²) in [7, 11) is 0. The van der Waals surface area contributed by atoms with E-state index in [1.807, 2.05) is 31.2 Å². The molecule has 3 atom stereocenters. The SMILES string of the molecule is CC(NC(=O)[C@@H]1CNC[C@H]1C)c1ccc(OCC(=O)NC2CC2)cc1. The molecule has 2 aliphatic rings. The van der Waals surface area contributed by atoms with E-state index in [1.165, 1.54) is 0 Å². The van der Waals surface area contributed by atoms with Crippen LogP contribution < -0.4 is 20.7 Å². The van der Waals surface area contributed by atoms with E-state index < -0.39 is 0 Å². The summed E-state index contributed by atoms with van der Waals surface area (Å²) in [4.78, 5) is 24.0. The minimum atomic E-state index is -0.0773. The van der Waals surface area contributed by atoms with Gasteiger partial charge >= 0.3 is 0 Å². The number of hydrogen-bond acceptors (Lipinski definition) is 4. The third kappa shape index (κ3) is 4.95. The van der Waals surface area contributed by atoms with Gasteiger partial charge in [0.05, 0.1) is 12.0 Å². The molecule has 1 aliphatic heterocycles. The number of ether oxygens (including phenoxy) is 1. The Balaban J connectivity index is 1.47. The van der Waals surface area contributed by atoms with E-state index in [-0.39, 0.29) is 30.4 Å². The molecule has 1 aliphatic carbocycles. The molecular weight excluding hydrogens is 318 g/mol. The van der Waals surface area contributed by atoms with Crippen LogP contribution in [0.2, 0.25) is 0 Å². The highest BCUT2D eigenvalue weighted by Crippen LogP contribution is 2.21. The molecule has 2 fully saturated rings. The first-order valence-electron chi connectivity index (χ1n) is 9.06. The highest BCUT2D eigenvalue weighted by Gasteiger charge is 2.30. The molecule has 6 nitrogen and oxygen atoms in total. The molecule has 1 aromatic carbocycles. The monoisotopic (exact) mass is 345 g/mol. The average Bonchev–Trinajstić information content (AvgIpc) is 3.30. The second-order valence-corrected chi connectivity index (χ2v) is 7.17. The Morgan fingerprint density at radius 3 is 2.56 bits per heavy atom. The fourth-order valence-electron chi connectivity index (χ4n) is 3.06. The van der Waals surface area contributed by atoms with E-state index in [4.69, 9.17) is 4.74 Å². The number of carbonyl (C=O) groups is 2. The van der Waals surface area contributed by atoms with E-state index in [2.05, 4.69) is 22.9 Å². The van der Waals surface area contributed by atoms with E-state index in [9.17, 15) is 9.59 Å². The first kappa shape index (κ1) is 17.7. The van der Waals surface area contributed by atoms with Crippen molar-refractivity contribution >= 4 is 11.8 Å². The highest BCUT2D eigenvalue weighted by molar-refractivity contribution is 5.80. The third-order valence-corrected chi connectivity index (χ3v) is 4.91. The average molecular weight is 345 g/mol. The molecule has 3 N–H and O–H groups in total. The highest BCUT2D eigenvalue weighted by atomic mass is 16.5. The maximum Gasteiger partial charge on any atom is 0.258 e. The first-order chi connectivity index (χ1) is 12.0. The molecule has 136 valence electrons. The molecule has 0 radical (unpaired) electrons. The van der Waals surface area contributed by atoms with Crippen LogP contribution in [0.1, 0.15) is 38.3 Å². The van der Waals surface area contributed by atoms with Crippen LogP contribution in [-0.2, 0) is 9.59 Å². The second kappa shape index (κ2) is 7.87. The van der Waals surface area contributed by atoms with Gasteiger partial charge in [-0.15, -0.1) is 0 Å². The Hall–Kier alpha value is -2.08. The summed E-state index contributed by atoms with van der Waals surface area (Å²) in [6.45, 7) is 5.75. The summed E-state index contributed by atoms with van der Waals surface area (Å²) in [5.41, 5.74) is 1.02. The van der Waals surface area contributed by atoms with Crippen LogP contribution in [0, 0.1) is 11.8 Å². The summed E-state index contributed by atoms with van der Waals surface area (Å²) in [6, 6.07) is 7.81. The zero-order valence-corrected chi connectivity index (χ0v) is 14.9. The lowest BCUT2D eigenvalue weighted by atomic mass is 9.96. The predicted octanol–water partition coefficient (Wildman–Crippen LogP) is 1.38. The zero-order chi connectivity index (χ0) is 17.8. The van der Waals surface area contributed by atoms with Crippen molar-refractivity contribution in [2.45, 2.75) is 38.8 Å². The topological polar surface area (TPSA) is 79.5 Å². The van der Waals surface area contributed by atoms with Gasteiger partial charge in [0.1, 0.15) is 5.75 Å². The minimum absolute atomic E-state index is 0.0364. The minimum Gasteiger partial charge on any atom is -0.484 e. The molecule has 0 spiro atoms. The van der Waals surface area contributed by atoms with Gasteiger partial charge in [-0.1, -0.05) is 19.1 Å². The lowest BCUT2D eigenvalue weighted by molar-refractivity contribution is -0.126. The predicted molar refractivity (Wildman–Crippen MR) is 95.2 cm³/mol. The van der Waals surface area contributed by atoms with Crippen molar-refractivity contribution in [3.63, 3.8) is 0 Å². The fraction of sp³-hybridized carbons (Fsp3) is 0.579. The molecule has 1 saturated heterocycles. The van der Waals surface area contributed by atoms with Crippen LogP contribution in [-0.4, -0.2) is 37.6 Å². The molecule has 1 heterocycles. The number of rotatable bonds is 7. The van der Waals surface area contributed by atoms with Crippen molar-refractivity contribution in [2.75, 3.05) is 19.7 Å². The normalized spacial score (nSPS) is 23.8. The first-order valence-corrected chi connectivity index (χ1v) is 9.06. The Kier molecular flexibility index (Phi) is 5.58. The lowest BCUT2D eigenvalue weighted by Crippen LogP contribution is -2.35. The van der Waals surface area contributed by atoms with Gasteiger partial charge in [-0.2, -0.15) is 0 Å². The lowest BCUT2D eigenvalue weighted by Gasteiger charge is -2.19. The van der Waals surface area contributed by atoms with Gasteiger partial charge in [0.25, 0.3) is 5.91 Å². The van der Waals surface area contributed by atoms with Gasteiger partial charge in [-0.3, -0.25) is 9.59 Å². The summed E-state index contributed by atoms with van der Waals surface area (Å²) in [5.74, 6) is 1.08. The van der Waals surface area contributed by atoms with Gasteiger partial charge in [0, 0.05) is 12.6 Å². The largest absolute Gasteiger partial charge is 0.484 e. The smallest absolute Gasteiger partial charge is 0.258 e. The van der Waals surface area contributed by atoms with Crippen molar-refractivity contribution in [1.29, 1.82) is 0 Å². The van der Waals surface area contributed by atoms with Crippen molar-refractivity contribution in [3.8, 4) is 5.75 Å². The summed E-state index contributed by atoms with van der Waals surface area (Å²) in [6.07, 6.45) is 2.14. The zero-order valence-electron chi connectivity index (χ0n) is 14.9. The number of amides is 2. The summed E-state index contributed by atoms with van der Waals surface area (Å²) >= 11 is 0. The van der Waals surface area contributed by atoms with Gasteiger partial charge < -0.3 is 20.7 Å². The molecule has 1 saturated carbocycles. The maximum absolute atomic E-state index is 12.4. The number of carbonyl (C=O) groups excluding carboxylic acids is 2.